The molecular weight excluding hydrogens is 334 g/mol. The Labute approximate surface area is 141 Å². The molecule has 0 spiro atoms. The SMILES string of the molecule is CC1=CC(=NS(=O)(=O)c2ccc(C)cc2)C(C(C)C)=C(Cl)C1=O. The van der Waals surface area contributed by atoms with E-state index in [2.05, 4.69) is 4.40 Å². The second-order valence-corrected chi connectivity index (χ2v) is 7.79. The summed E-state index contributed by atoms with van der Waals surface area (Å²) in [5.74, 6) is -0.412. The van der Waals surface area contributed by atoms with Gasteiger partial charge in [0.05, 0.1) is 15.6 Å². The molecular formula is C17H18ClNO3S. The molecule has 0 N–H and O–H groups in total. The highest BCUT2D eigenvalue weighted by Crippen LogP contribution is 2.29. The molecule has 2 rings (SSSR count). The van der Waals surface area contributed by atoms with Gasteiger partial charge in [0.15, 0.2) is 0 Å². The first-order chi connectivity index (χ1) is 10.6. The maximum absolute atomic E-state index is 12.5. The van der Waals surface area contributed by atoms with Gasteiger partial charge in [0.1, 0.15) is 0 Å². The minimum atomic E-state index is -3.87. The number of hydrogen-bond donors (Lipinski definition) is 0. The molecule has 0 saturated carbocycles. The van der Waals surface area contributed by atoms with Gasteiger partial charge in [0, 0.05) is 11.1 Å². The number of benzene rings is 1. The van der Waals surface area contributed by atoms with Crippen molar-refractivity contribution in [3.8, 4) is 0 Å². The Hall–Kier alpha value is -1.72. The molecule has 0 amide bonds. The summed E-state index contributed by atoms with van der Waals surface area (Å²) in [5, 5.41) is 0.0397. The quantitative estimate of drug-likeness (QED) is 0.778. The van der Waals surface area contributed by atoms with Crippen LogP contribution in [-0.2, 0) is 14.8 Å². The van der Waals surface area contributed by atoms with Crippen molar-refractivity contribution in [3.63, 3.8) is 0 Å². The van der Waals surface area contributed by atoms with Crippen LogP contribution in [0.4, 0.5) is 0 Å². The van der Waals surface area contributed by atoms with Gasteiger partial charge in [-0.05, 0) is 38.0 Å². The smallest absolute Gasteiger partial charge is 0.282 e. The monoisotopic (exact) mass is 351 g/mol. The molecule has 0 aromatic heterocycles. The van der Waals surface area contributed by atoms with Crippen LogP contribution in [0.25, 0.3) is 0 Å². The number of sulfonamides is 1. The minimum Gasteiger partial charge on any atom is -0.288 e. The number of hydrogen-bond acceptors (Lipinski definition) is 3. The predicted molar refractivity (Wildman–Crippen MR) is 92.3 cm³/mol. The number of allylic oxidation sites excluding steroid dienone is 4. The second-order valence-electron chi connectivity index (χ2n) is 5.80. The molecule has 1 aliphatic rings. The number of ketones is 1. The lowest BCUT2D eigenvalue weighted by molar-refractivity contribution is -0.111. The fraction of sp³-hybridized carbons (Fsp3) is 0.294. The highest BCUT2D eigenvalue weighted by atomic mass is 35.5. The first kappa shape index (κ1) is 17.6. The van der Waals surface area contributed by atoms with Gasteiger partial charge < -0.3 is 0 Å². The zero-order valence-electron chi connectivity index (χ0n) is 13.4. The van der Waals surface area contributed by atoms with Crippen molar-refractivity contribution in [3.05, 3.63) is 52.1 Å². The van der Waals surface area contributed by atoms with Gasteiger partial charge in [0.2, 0.25) is 5.78 Å². The van der Waals surface area contributed by atoms with E-state index in [9.17, 15) is 13.2 Å². The number of carbonyl (C=O) groups excluding carboxylic acids is 1. The maximum atomic E-state index is 12.5. The van der Waals surface area contributed by atoms with Crippen molar-refractivity contribution in [1.82, 2.24) is 0 Å². The highest BCUT2D eigenvalue weighted by Gasteiger charge is 2.27. The van der Waals surface area contributed by atoms with Crippen molar-refractivity contribution in [1.29, 1.82) is 0 Å². The van der Waals surface area contributed by atoms with E-state index in [0.717, 1.165) is 5.56 Å². The molecule has 0 unspecified atom stereocenters. The first-order valence-corrected chi connectivity index (χ1v) is 9.00. The molecule has 0 fully saturated rings. The Morgan fingerprint density at radius 1 is 1.09 bits per heavy atom. The van der Waals surface area contributed by atoms with Gasteiger partial charge in [-0.2, -0.15) is 12.8 Å². The summed E-state index contributed by atoms with van der Waals surface area (Å²) in [4.78, 5) is 12.1. The van der Waals surface area contributed by atoms with Crippen LogP contribution in [0, 0.1) is 12.8 Å². The Morgan fingerprint density at radius 3 is 2.17 bits per heavy atom. The minimum absolute atomic E-state index is 0.0397. The average Bonchev–Trinajstić information content (AvgIpc) is 2.44. The number of Topliss-reactive ketones (excluding diaryl/α,β-unsaturated/α-hetero) is 1. The molecule has 1 aromatic rings. The number of carbonyl (C=O) groups is 1. The van der Waals surface area contributed by atoms with Gasteiger partial charge in [-0.25, -0.2) is 0 Å². The van der Waals surface area contributed by atoms with Crippen LogP contribution in [-0.4, -0.2) is 19.9 Å². The van der Waals surface area contributed by atoms with Crippen LogP contribution in [0.2, 0.25) is 0 Å². The van der Waals surface area contributed by atoms with E-state index in [0.29, 0.717) is 11.1 Å². The molecule has 0 heterocycles. The van der Waals surface area contributed by atoms with E-state index in [1.807, 2.05) is 20.8 Å². The molecule has 6 heteroatoms. The Kier molecular flexibility index (Phi) is 4.92. The Balaban J connectivity index is 2.60. The summed E-state index contributed by atoms with van der Waals surface area (Å²) < 4.78 is 28.9. The standard InChI is InChI=1S/C17H18ClNO3S/c1-10(2)15-14(9-12(4)17(20)16(15)18)19-23(21,22)13-7-5-11(3)6-8-13/h5-10H,1-4H3. The summed E-state index contributed by atoms with van der Waals surface area (Å²) in [7, 11) is -3.87. The third-order valence-corrected chi connectivity index (χ3v) is 5.22. The van der Waals surface area contributed by atoms with Gasteiger partial charge in [-0.15, -0.1) is 0 Å². The fourth-order valence-corrected chi connectivity index (χ4v) is 3.73. The molecule has 0 bridgehead atoms. The van der Waals surface area contributed by atoms with Crippen LogP contribution in [0.3, 0.4) is 0 Å². The number of aryl methyl sites for hydroxylation is 1. The third kappa shape index (κ3) is 3.62. The van der Waals surface area contributed by atoms with Crippen LogP contribution in [0.1, 0.15) is 26.3 Å². The van der Waals surface area contributed by atoms with Gasteiger partial charge in [-0.1, -0.05) is 43.1 Å². The summed E-state index contributed by atoms with van der Waals surface area (Å²) >= 11 is 6.13. The van der Waals surface area contributed by atoms with E-state index in [4.69, 9.17) is 11.6 Å². The van der Waals surface area contributed by atoms with Crippen molar-refractivity contribution in [2.24, 2.45) is 10.3 Å². The molecule has 0 atom stereocenters. The molecule has 23 heavy (non-hydrogen) atoms. The van der Waals surface area contributed by atoms with Gasteiger partial charge in [0.25, 0.3) is 10.0 Å². The Bertz CT molecular complexity index is 844. The van der Waals surface area contributed by atoms with E-state index < -0.39 is 10.0 Å². The summed E-state index contributed by atoms with van der Waals surface area (Å²) in [5.41, 5.74) is 2.01. The number of halogens is 1. The largest absolute Gasteiger partial charge is 0.288 e. The van der Waals surface area contributed by atoms with E-state index in [1.165, 1.54) is 18.2 Å². The summed E-state index contributed by atoms with van der Waals surface area (Å²) in [6, 6.07) is 6.45. The number of nitrogens with zero attached hydrogens (tertiary/aromatic N) is 1. The third-order valence-electron chi connectivity index (χ3n) is 3.54. The topological polar surface area (TPSA) is 63.6 Å². The lowest BCUT2D eigenvalue weighted by Gasteiger charge is -2.19. The molecule has 1 aromatic carbocycles. The normalized spacial score (nSPS) is 17.9. The van der Waals surface area contributed by atoms with Gasteiger partial charge >= 0.3 is 0 Å². The van der Waals surface area contributed by atoms with Crippen LogP contribution in [0.5, 0.6) is 0 Å². The van der Waals surface area contributed by atoms with Crippen LogP contribution < -0.4 is 0 Å². The van der Waals surface area contributed by atoms with Crippen molar-refractivity contribution in [2.45, 2.75) is 32.6 Å². The molecule has 1 aliphatic carbocycles. The van der Waals surface area contributed by atoms with E-state index >= 15 is 0 Å². The summed E-state index contributed by atoms with van der Waals surface area (Å²) in [6.07, 6.45) is 1.48. The molecule has 4 nitrogen and oxygen atoms in total. The van der Waals surface area contributed by atoms with Crippen LogP contribution in [0.15, 0.2) is 55.8 Å². The van der Waals surface area contributed by atoms with E-state index in [-0.39, 0.29) is 27.3 Å². The lowest BCUT2D eigenvalue weighted by atomic mass is 9.90. The van der Waals surface area contributed by atoms with Crippen molar-refractivity contribution >= 4 is 33.1 Å². The predicted octanol–water partition coefficient (Wildman–Crippen LogP) is 3.80. The average molecular weight is 352 g/mol. The maximum Gasteiger partial charge on any atom is 0.282 e. The first-order valence-electron chi connectivity index (χ1n) is 7.18. The van der Waals surface area contributed by atoms with Crippen molar-refractivity contribution < 1.29 is 13.2 Å². The second kappa shape index (κ2) is 6.42. The lowest BCUT2D eigenvalue weighted by Crippen LogP contribution is -2.20. The highest BCUT2D eigenvalue weighted by molar-refractivity contribution is 7.90. The molecule has 0 saturated heterocycles. The molecule has 0 radical (unpaired) electrons. The Morgan fingerprint density at radius 2 is 1.65 bits per heavy atom. The fourth-order valence-electron chi connectivity index (χ4n) is 2.27. The zero-order chi connectivity index (χ0) is 17.4. The van der Waals surface area contributed by atoms with Crippen LogP contribution >= 0.6 is 11.6 Å². The molecule has 122 valence electrons. The zero-order valence-corrected chi connectivity index (χ0v) is 15.0. The van der Waals surface area contributed by atoms with Crippen molar-refractivity contribution in [2.75, 3.05) is 0 Å². The van der Waals surface area contributed by atoms with Gasteiger partial charge in [-0.3, -0.25) is 4.79 Å². The summed E-state index contributed by atoms with van der Waals surface area (Å²) in [6.45, 7) is 7.15. The number of rotatable bonds is 3. The molecule has 0 aliphatic heterocycles. The van der Waals surface area contributed by atoms with E-state index in [1.54, 1.807) is 19.1 Å².